The molecule has 2 heterocycles. The molecule has 0 aliphatic carbocycles. The summed E-state index contributed by atoms with van der Waals surface area (Å²) in [5.74, 6) is 2.35. The molecule has 1 amide bonds. The average Bonchev–Trinajstić information content (AvgIpc) is 2.80. The van der Waals surface area contributed by atoms with Crippen molar-refractivity contribution >= 4 is 21.6 Å². The Morgan fingerprint density at radius 1 is 1.11 bits per heavy atom. The first-order chi connectivity index (χ1) is 16.6. The summed E-state index contributed by atoms with van der Waals surface area (Å²) in [5.41, 5.74) is 0.903. The summed E-state index contributed by atoms with van der Waals surface area (Å²) in [5, 5.41) is 3.10. The molecule has 0 saturated heterocycles. The molecule has 2 aromatic carbocycles. The molecule has 2 aromatic rings. The number of fused-ring (bicyclic) bond motifs is 2. The van der Waals surface area contributed by atoms with Gasteiger partial charge in [-0.05, 0) is 50.6 Å². The molecule has 0 unspecified atom stereocenters. The Hall–Kier alpha value is -3.14. The highest BCUT2D eigenvalue weighted by atomic mass is 32.2. The Balaban J connectivity index is 1.42. The largest absolute Gasteiger partial charge is 0.497 e. The minimum absolute atomic E-state index is 0.155. The van der Waals surface area contributed by atoms with Crippen LogP contribution in [0, 0.1) is 0 Å². The van der Waals surface area contributed by atoms with Crippen molar-refractivity contribution in [3.05, 3.63) is 42.0 Å². The Bertz CT molecular complexity index is 1200. The number of sulfonamides is 1. The van der Waals surface area contributed by atoms with Crippen molar-refractivity contribution in [2.24, 2.45) is 0 Å². The van der Waals surface area contributed by atoms with Gasteiger partial charge in [-0.1, -0.05) is 0 Å². The number of benzene rings is 2. The van der Waals surface area contributed by atoms with Gasteiger partial charge in [0.2, 0.25) is 15.9 Å². The van der Waals surface area contributed by atoms with Crippen molar-refractivity contribution in [3.63, 3.8) is 0 Å². The van der Waals surface area contributed by atoms with Crippen LogP contribution < -0.4 is 28.6 Å². The maximum Gasteiger partial charge on any atom is 0.232 e. The average molecular weight is 505 g/mol. The van der Waals surface area contributed by atoms with E-state index >= 15 is 0 Å². The third-order valence-corrected chi connectivity index (χ3v) is 7.18. The van der Waals surface area contributed by atoms with E-state index in [0.29, 0.717) is 54.7 Å². The summed E-state index contributed by atoms with van der Waals surface area (Å²) in [6.07, 6.45) is 2.28. The number of anilines is 1. The molecular formula is C25H32N2O7S. The summed E-state index contributed by atoms with van der Waals surface area (Å²) < 4.78 is 48.8. The number of nitrogens with one attached hydrogen (secondary N) is 1. The lowest BCUT2D eigenvalue weighted by Crippen LogP contribution is -2.41. The molecule has 0 aromatic heterocycles. The fourth-order valence-corrected chi connectivity index (χ4v) is 5.37. The van der Waals surface area contributed by atoms with E-state index in [9.17, 15) is 13.2 Å². The van der Waals surface area contributed by atoms with Crippen molar-refractivity contribution in [1.82, 2.24) is 5.32 Å². The Morgan fingerprint density at radius 2 is 1.83 bits per heavy atom. The summed E-state index contributed by atoms with van der Waals surface area (Å²) in [7, 11) is -1.96. The second kappa shape index (κ2) is 9.85. The molecule has 0 bridgehead atoms. The van der Waals surface area contributed by atoms with Gasteiger partial charge in [0.15, 0.2) is 11.5 Å². The monoisotopic (exact) mass is 504 g/mol. The first kappa shape index (κ1) is 25.0. The van der Waals surface area contributed by atoms with Gasteiger partial charge in [-0.2, -0.15) is 0 Å². The molecule has 35 heavy (non-hydrogen) atoms. The van der Waals surface area contributed by atoms with Crippen LogP contribution in [0.25, 0.3) is 0 Å². The molecule has 9 nitrogen and oxygen atoms in total. The Labute approximate surface area is 206 Å². The third kappa shape index (κ3) is 5.93. The van der Waals surface area contributed by atoms with Crippen molar-refractivity contribution in [2.45, 2.75) is 44.8 Å². The number of carbonyl (C=O) groups excluding carboxylic acids is 1. The van der Waals surface area contributed by atoms with E-state index < -0.39 is 15.6 Å². The highest BCUT2D eigenvalue weighted by Crippen LogP contribution is 2.41. The predicted octanol–water partition coefficient (Wildman–Crippen LogP) is 3.43. The SMILES string of the molecule is COc1ccc2c(c1)[C@H](NC(=O)CCCN(c1ccc3c(c1)OCCO3)S(C)(=O)=O)CC(C)(C)O2. The molecule has 1 atom stereocenters. The van der Waals surface area contributed by atoms with Gasteiger partial charge in [0.05, 0.1) is 25.1 Å². The van der Waals surface area contributed by atoms with Crippen LogP contribution in [0.3, 0.4) is 0 Å². The molecule has 2 aliphatic heterocycles. The molecular weight excluding hydrogens is 472 g/mol. The van der Waals surface area contributed by atoms with E-state index in [0.717, 1.165) is 11.8 Å². The minimum Gasteiger partial charge on any atom is -0.497 e. The first-order valence-electron chi connectivity index (χ1n) is 11.6. The van der Waals surface area contributed by atoms with E-state index in [-0.39, 0.29) is 24.9 Å². The highest BCUT2D eigenvalue weighted by molar-refractivity contribution is 7.92. The van der Waals surface area contributed by atoms with Crippen LogP contribution in [0.5, 0.6) is 23.0 Å². The maximum atomic E-state index is 12.9. The molecule has 1 N–H and O–H groups in total. The number of nitrogens with zero attached hydrogens (tertiary/aromatic N) is 1. The number of carbonyl (C=O) groups is 1. The number of rotatable bonds is 8. The maximum absolute atomic E-state index is 12.9. The summed E-state index contributed by atoms with van der Waals surface area (Å²) in [6.45, 7) is 5.00. The third-order valence-electron chi connectivity index (χ3n) is 5.99. The van der Waals surface area contributed by atoms with Gasteiger partial charge < -0.3 is 24.3 Å². The number of hydrogen-bond acceptors (Lipinski definition) is 7. The fraction of sp³-hybridized carbons (Fsp3) is 0.480. The fourth-order valence-electron chi connectivity index (χ4n) is 4.41. The Kier molecular flexibility index (Phi) is 7.02. The summed E-state index contributed by atoms with van der Waals surface area (Å²) >= 11 is 0. The molecule has 10 heteroatoms. The number of hydrogen-bond donors (Lipinski definition) is 1. The van der Waals surface area contributed by atoms with Crippen LogP contribution in [0.2, 0.25) is 0 Å². The van der Waals surface area contributed by atoms with Crippen LogP contribution in [0.4, 0.5) is 5.69 Å². The first-order valence-corrected chi connectivity index (χ1v) is 13.4. The van der Waals surface area contributed by atoms with Crippen LogP contribution in [0.1, 0.15) is 44.7 Å². The molecule has 4 rings (SSSR count). The van der Waals surface area contributed by atoms with E-state index in [1.807, 2.05) is 32.0 Å². The lowest BCUT2D eigenvalue weighted by atomic mass is 9.89. The van der Waals surface area contributed by atoms with Gasteiger partial charge in [0, 0.05) is 31.0 Å². The van der Waals surface area contributed by atoms with E-state index in [1.165, 1.54) is 4.31 Å². The smallest absolute Gasteiger partial charge is 0.232 e. The Morgan fingerprint density at radius 3 is 2.54 bits per heavy atom. The van der Waals surface area contributed by atoms with Crippen molar-refractivity contribution in [1.29, 1.82) is 0 Å². The molecule has 2 aliphatic rings. The lowest BCUT2D eigenvalue weighted by molar-refractivity contribution is -0.122. The van der Waals surface area contributed by atoms with Gasteiger partial charge in [-0.3, -0.25) is 9.10 Å². The van der Waals surface area contributed by atoms with Crippen molar-refractivity contribution in [2.75, 3.05) is 37.4 Å². The van der Waals surface area contributed by atoms with E-state index in [4.69, 9.17) is 18.9 Å². The summed E-state index contributed by atoms with van der Waals surface area (Å²) in [6, 6.07) is 10.4. The summed E-state index contributed by atoms with van der Waals surface area (Å²) in [4.78, 5) is 12.9. The second-order valence-corrected chi connectivity index (χ2v) is 11.3. The van der Waals surface area contributed by atoms with Crippen LogP contribution in [-0.2, 0) is 14.8 Å². The molecule has 0 spiro atoms. The zero-order valence-electron chi connectivity index (χ0n) is 20.5. The van der Waals surface area contributed by atoms with Gasteiger partial charge >= 0.3 is 0 Å². The molecule has 0 fully saturated rings. The van der Waals surface area contributed by atoms with Crippen LogP contribution in [-0.4, -0.2) is 53.1 Å². The zero-order valence-corrected chi connectivity index (χ0v) is 21.3. The molecule has 0 saturated carbocycles. The van der Waals surface area contributed by atoms with Gasteiger partial charge in [0.25, 0.3) is 0 Å². The topological polar surface area (TPSA) is 103 Å². The molecule has 190 valence electrons. The van der Waals surface area contributed by atoms with Gasteiger partial charge in [-0.25, -0.2) is 8.42 Å². The van der Waals surface area contributed by atoms with Crippen molar-refractivity contribution < 1.29 is 32.2 Å². The molecule has 0 radical (unpaired) electrons. The number of methoxy groups -OCH3 is 1. The van der Waals surface area contributed by atoms with Crippen LogP contribution in [0.15, 0.2) is 36.4 Å². The number of amides is 1. The standard InChI is InChI=1S/C25H32N2O7S/c1-25(2)16-20(19-15-18(31-3)8-10-21(19)34-25)26-24(28)6-5-11-27(35(4,29)30)17-7-9-22-23(14-17)33-13-12-32-22/h7-10,14-15,20H,5-6,11-13,16H2,1-4H3,(H,26,28)/t20-/m1/s1. The quantitative estimate of drug-likeness (QED) is 0.587. The van der Waals surface area contributed by atoms with Crippen molar-refractivity contribution in [3.8, 4) is 23.0 Å². The number of ether oxygens (including phenoxy) is 4. The van der Waals surface area contributed by atoms with E-state index in [1.54, 1.807) is 25.3 Å². The predicted molar refractivity (Wildman–Crippen MR) is 132 cm³/mol. The van der Waals surface area contributed by atoms with Crippen LogP contribution >= 0.6 is 0 Å². The second-order valence-electron chi connectivity index (χ2n) is 9.36. The highest BCUT2D eigenvalue weighted by Gasteiger charge is 2.35. The lowest BCUT2D eigenvalue weighted by Gasteiger charge is -2.38. The van der Waals surface area contributed by atoms with Gasteiger partial charge in [0.1, 0.15) is 30.3 Å². The van der Waals surface area contributed by atoms with Gasteiger partial charge in [-0.15, -0.1) is 0 Å². The van der Waals surface area contributed by atoms with E-state index in [2.05, 4.69) is 5.32 Å². The minimum atomic E-state index is -3.56. The normalized spacial score (nSPS) is 18.1. The zero-order chi connectivity index (χ0) is 25.2.